The molecule has 0 rings (SSSR count). The highest BCUT2D eigenvalue weighted by molar-refractivity contribution is 4.51. The summed E-state index contributed by atoms with van der Waals surface area (Å²) in [6.07, 6.45) is 23.5. The minimum absolute atomic E-state index is 0.100. The maximum atomic E-state index is 9.17. The van der Waals surface area contributed by atoms with Crippen molar-refractivity contribution in [2.75, 3.05) is 0 Å². The molecular weight excluding hydrogens is 256 g/mol. The molecule has 0 aliphatic rings. The van der Waals surface area contributed by atoms with Gasteiger partial charge in [-0.15, -0.1) is 0 Å². The van der Waals surface area contributed by atoms with Gasteiger partial charge in [-0.3, -0.25) is 0 Å². The molecular formula is C20H42O. The van der Waals surface area contributed by atoms with Gasteiger partial charge in [0.2, 0.25) is 0 Å². The largest absolute Gasteiger partial charge is 0.393 e. The highest BCUT2D eigenvalue weighted by Crippen LogP contribution is 2.14. The van der Waals surface area contributed by atoms with Crippen molar-refractivity contribution in [3.8, 4) is 0 Å². The Morgan fingerprint density at radius 3 is 1.10 bits per heavy atom. The van der Waals surface area contributed by atoms with Crippen LogP contribution >= 0.6 is 0 Å². The molecule has 0 amide bonds. The molecule has 0 radical (unpaired) electrons. The van der Waals surface area contributed by atoms with Crippen molar-refractivity contribution in [2.24, 2.45) is 0 Å². The molecule has 0 aromatic carbocycles. The summed E-state index contributed by atoms with van der Waals surface area (Å²) in [7, 11) is 0. The van der Waals surface area contributed by atoms with E-state index in [2.05, 4.69) is 6.92 Å². The Morgan fingerprint density at radius 2 is 0.810 bits per heavy atom. The summed E-state index contributed by atoms with van der Waals surface area (Å²) in [5.74, 6) is 0. The fourth-order valence-electron chi connectivity index (χ4n) is 2.99. The molecule has 0 heterocycles. The highest BCUT2D eigenvalue weighted by atomic mass is 16.3. The summed E-state index contributed by atoms with van der Waals surface area (Å²) in [5, 5.41) is 9.17. The standard InChI is InChI=1S/C20H42O/c1-3-4-5-6-7-8-9-10-11-12-13-14-15-16-17-18-19-20(2)21/h20-21H,3-19H2,1-2H3/t20-/m0/s1. The third kappa shape index (κ3) is 20.0. The lowest BCUT2D eigenvalue weighted by Crippen LogP contribution is -1.98. The van der Waals surface area contributed by atoms with Crippen molar-refractivity contribution in [2.45, 2.75) is 129 Å². The summed E-state index contributed by atoms with van der Waals surface area (Å²) in [4.78, 5) is 0. The van der Waals surface area contributed by atoms with Crippen molar-refractivity contribution in [3.63, 3.8) is 0 Å². The van der Waals surface area contributed by atoms with Crippen LogP contribution in [0.4, 0.5) is 0 Å². The first kappa shape index (κ1) is 21.0. The van der Waals surface area contributed by atoms with Crippen LogP contribution in [-0.2, 0) is 0 Å². The van der Waals surface area contributed by atoms with Crippen LogP contribution in [0.15, 0.2) is 0 Å². The van der Waals surface area contributed by atoms with Gasteiger partial charge in [-0.05, 0) is 13.3 Å². The van der Waals surface area contributed by atoms with Crippen LogP contribution < -0.4 is 0 Å². The Morgan fingerprint density at radius 1 is 0.524 bits per heavy atom. The van der Waals surface area contributed by atoms with Gasteiger partial charge in [0.25, 0.3) is 0 Å². The van der Waals surface area contributed by atoms with Crippen LogP contribution in [0.2, 0.25) is 0 Å². The van der Waals surface area contributed by atoms with E-state index in [4.69, 9.17) is 5.11 Å². The Balaban J connectivity index is 2.93. The van der Waals surface area contributed by atoms with Crippen LogP contribution in [0, 0.1) is 0 Å². The van der Waals surface area contributed by atoms with Gasteiger partial charge in [-0.1, -0.05) is 110 Å². The van der Waals surface area contributed by atoms with E-state index in [0.29, 0.717) is 0 Å². The maximum Gasteiger partial charge on any atom is 0.0512 e. The molecule has 0 aromatic rings. The quantitative estimate of drug-likeness (QED) is 0.286. The number of rotatable bonds is 17. The molecule has 0 unspecified atom stereocenters. The van der Waals surface area contributed by atoms with Gasteiger partial charge in [-0.2, -0.15) is 0 Å². The normalized spacial score (nSPS) is 12.7. The maximum absolute atomic E-state index is 9.17. The molecule has 0 aliphatic heterocycles. The smallest absolute Gasteiger partial charge is 0.0512 e. The second-order valence-electron chi connectivity index (χ2n) is 6.94. The molecule has 1 atom stereocenters. The monoisotopic (exact) mass is 298 g/mol. The number of hydrogen-bond donors (Lipinski definition) is 1. The summed E-state index contributed by atoms with van der Waals surface area (Å²) in [5.41, 5.74) is 0. The second kappa shape index (κ2) is 18.0. The highest BCUT2D eigenvalue weighted by Gasteiger charge is 1.96. The number of aliphatic hydroxyl groups is 1. The average Bonchev–Trinajstić information content (AvgIpc) is 2.46. The van der Waals surface area contributed by atoms with E-state index in [1.807, 2.05) is 6.92 Å². The third-order valence-corrected chi connectivity index (χ3v) is 4.48. The minimum Gasteiger partial charge on any atom is -0.393 e. The Labute approximate surface area is 134 Å². The average molecular weight is 299 g/mol. The molecule has 0 fully saturated rings. The van der Waals surface area contributed by atoms with Crippen LogP contribution in [0.3, 0.4) is 0 Å². The van der Waals surface area contributed by atoms with Gasteiger partial charge >= 0.3 is 0 Å². The summed E-state index contributed by atoms with van der Waals surface area (Å²) >= 11 is 0. The first-order chi connectivity index (χ1) is 10.3. The van der Waals surface area contributed by atoms with E-state index >= 15 is 0 Å². The first-order valence-electron chi connectivity index (χ1n) is 9.95. The second-order valence-corrected chi connectivity index (χ2v) is 6.94. The van der Waals surface area contributed by atoms with E-state index in [1.165, 1.54) is 103 Å². The summed E-state index contributed by atoms with van der Waals surface area (Å²) in [6.45, 7) is 4.18. The van der Waals surface area contributed by atoms with Crippen molar-refractivity contribution < 1.29 is 5.11 Å². The molecule has 128 valence electrons. The molecule has 0 saturated heterocycles. The van der Waals surface area contributed by atoms with E-state index < -0.39 is 0 Å². The van der Waals surface area contributed by atoms with Gasteiger partial charge in [-0.25, -0.2) is 0 Å². The molecule has 0 aliphatic carbocycles. The SMILES string of the molecule is CCCCCCCCCCCCCCCCCC[C@H](C)O. The van der Waals surface area contributed by atoms with E-state index in [1.54, 1.807) is 0 Å². The molecule has 0 saturated carbocycles. The predicted molar refractivity (Wildman–Crippen MR) is 95.8 cm³/mol. The van der Waals surface area contributed by atoms with Crippen molar-refractivity contribution in [1.29, 1.82) is 0 Å². The van der Waals surface area contributed by atoms with Crippen molar-refractivity contribution in [3.05, 3.63) is 0 Å². The number of aliphatic hydroxyl groups excluding tert-OH is 1. The van der Waals surface area contributed by atoms with Gasteiger partial charge in [0.1, 0.15) is 0 Å². The van der Waals surface area contributed by atoms with Gasteiger partial charge < -0.3 is 5.11 Å². The molecule has 0 aromatic heterocycles. The molecule has 1 nitrogen and oxygen atoms in total. The van der Waals surface area contributed by atoms with E-state index in [0.717, 1.165) is 6.42 Å². The fourth-order valence-corrected chi connectivity index (χ4v) is 2.99. The van der Waals surface area contributed by atoms with Crippen LogP contribution in [0.5, 0.6) is 0 Å². The zero-order chi connectivity index (χ0) is 15.6. The van der Waals surface area contributed by atoms with Crippen molar-refractivity contribution >= 4 is 0 Å². The number of hydrogen-bond acceptors (Lipinski definition) is 1. The first-order valence-corrected chi connectivity index (χ1v) is 9.95. The zero-order valence-electron chi connectivity index (χ0n) is 15.0. The van der Waals surface area contributed by atoms with Crippen LogP contribution in [0.25, 0.3) is 0 Å². The Hall–Kier alpha value is -0.0400. The molecule has 0 bridgehead atoms. The predicted octanol–water partition coefficient (Wildman–Crippen LogP) is 7.02. The Kier molecular flexibility index (Phi) is 18.0. The summed E-state index contributed by atoms with van der Waals surface area (Å²) in [6, 6.07) is 0. The van der Waals surface area contributed by atoms with Crippen molar-refractivity contribution in [1.82, 2.24) is 0 Å². The topological polar surface area (TPSA) is 20.2 Å². The lowest BCUT2D eigenvalue weighted by atomic mass is 10.0. The molecule has 0 spiro atoms. The third-order valence-electron chi connectivity index (χ3n) is 4.48. The number of unbranched alkanes of at least 4 members (excludes halogenated alkanes) is 15. The zero-order valence-corrected chi connectivity index (χ0v) is 15.0. The van der Waals surface area contributed by atoms with Crippen LogP contribution in [0.1, 0.15) is 123 Å². The Bertz CT molecular complexity index is 177. The van der Waals surface area contributed by atoms with Crippen LogP contribution in [-0.4, -0.2) is 11.2 Å². The fraction of sp³-hybridized carbons (Fsp3) is 1.00. The van der Waals surface area contributed by atoms with E-state index in [9.17, 15) is 0 Å². The minimum atomic E-state index is -0.100. The van der Waals surface area contributed by atoms with Gasteiger partial charge in [0.15, 0.2) is 0 Å². The molecule has 1 N–H and O–H groups in total. The summed E-state index contributed by atoms with van der Waals surface area (Å²) < 4.78 is 0. The molecule has 21 heavy (non-hydrogen) atoms. The van der Waals surface area contributed by atoms with E-state index in [-0.39, 0.29) is 6.10 Å². The van der Waals surface area contributed by atoms with Gasteiger partial charge in [0, 0.05) is 0 Å². The lowest BCUT2D eigenvalue weighted by molar-refractivity contribution is 0.180. The lowest BCUT2D eigenvalue weighted by Gasteiger charge is -2.04. The van der Waals surface area contributed by atoms with Gasteiger partial charge in [0.05, 0.1) is 6.10 Å². The molecule has 1 heteroatoms.